The molecule has 1 aliphatic heterocycles. The Labute approximate surface area is 124 Å². The number of anilines is 1. The van der Waals surface area contributed by atoms with Gasteiger partial charge in [-0.3, -0.25) is 4.79 Å². The second-order valence-corrected chi connectivity index (χ2v) is 5.35. The number of carbonyl (C=O) groups excluding carboxylic acids is 1. The summed E-state index contributed by atoms with van der Waals surface area (Å²) in [6.45, 7) is 0.514. The maximum Gasteiger partial charge on any atom is 0.326 e. The van der Waals surface area contributed by atoms with Crippen LogP contribution >= 0.6 is 0 Å². The molecule has 0 aliphatic carbocycles. The van der Waals surface area contributed by atoms with Gasteiger partial charge in [0.15, 0.2) is 0 Å². The Morgan fingerprint density at radius 2 is 1.95 bits per heavy atom. The van der Waals surface area contributed by atoms with Crippen LogP contribution < -0.4 is 4.90 Å². The predicted molar refractivity (Wildman–Crippen MR) is 82.2 cm³/mol. The summed E-state index contributed by atoms with van der Waals surface area (Å²) < 4.78 is 0. The van der Waals surface area contributed by atoms with Crippen molar-refractivity contribution in [1.82, 2.24) is 4.90 Å². The van der Waals surface area contributed by atoms with E-state index >= 15 is 0 Å². The highest BCUT2D eigenvalue weighted by molar-refractivity contribution is 5.94. The summed E-state index contributed by atoms with van der Waals surface area (Å²) in [4.78, 5) is 26.6. The lowest BCUT2D eigenvalue weighted by Gasteiger charge is -2.19. The van der Waals surface area contributed by atoms with Crippen molar-refractivity contribution in [2.45, 2.75) is 18.9 Å². The third-order valence-electron chi connectivity index (χ3n) is 3.65. The van der Waals surface area contributed by atoms with Crippen molar-refractivity contribution in [3.8, 4) is 0 Å². The van der Waals surface area contributed by atoms with Gasteiger partial charge in [0.05, 0.1) is 0 Å². The maximum absolute atomic E-state index is 12.1. The van der Waals surface area contributed by atoms with Gasteiger partial charge in [-0.15, -0.1) is 0 Å². The molecule has 0 aromatic heterocycles. The first-order valence-corrected chi connectivity index (χ1v) is 6.98. The van der Waals surface area contributed by atoms with Crippen LogP contribution in [0.2, 0.25) is 0 Å². The number of rotatable bonds is 4. The quantitative estimate of drug-likeness (QED) is 0.859. The molecule has 0 bridgehead atoms. The normalized spacial score (nSPS) is 18.2. The number of nitrogens with zero attached hydrogens (tertiary/aromatic N) is 2. The summed E-state index contributed by atoms with van der Waals surface area (Å²) in [5.74, 6) is -1.17. The summed E-state index contributed by atoms with van der Waals surface area (Å²) in [5.41, 5.74) is 2.00. The monoisotopic (exact) mass is 288 g/mol. The minimum atomic E-state index is -0.926. The average Bonchev–Trinajstić information content (AvgIpc) is 2.95. The van der Waals surface area contributed by atoms with Crippen LogP contribution in [0.1, 0.15) is 18.4 Å². The predicted octanol–water partition coefficient (Wildman–Crippen LogP) is 1.84. The number of aliphatic carboxylic acids is 1. The van der Waals surface area contributed by atoms with Gasteiger partial charge in [0.2, 0.25) is 5.91 Å². The Hall–Kier alpha value is -2.30. The van der Waals surface area contributed by atoms with E-state index in [0.717, 1.165) is 17.7 Å². The van der Waals surface area contributed by atoms with Crippen LogP contribution in [0.25, 0.3) is 6.08 Å². The van der Waals surface area contributed by atoms with Crippen LogP contribution in [0.5, 0.6) is 0 Å². The Morgan fingerprint density at radius 3 is 2.52 bits per heavy atom. The third-order valence-corrected chi connectivity index (χ3v) is 3.65. The standard InChI is InChI=1S/C16H20N2O3/c1-17(2)13-8-5-12(6-9-13)7-10-15(19)18-11-3-4-14(18)16(20)21/h5-10,14H,3-4,11H2,1-2H3,(H,20,21)/b10-7+. The number of amides is 1. The molecule has 0 radical (unpaired) electrons. The SMILES string of the molecule is CN(C)c1ccc(/C=C/C(=O)N2CCCC2C(=O)O)cc1. The van der Waals surface area contributed by atoms with Crippen LogP contribution in [0, 0.1) is 0 Å². The molecular weight excluding hydrogens is 268 g/mol. The summed E-state index contributed by atoms with van der Waals surface area (Å²) in [5, 5.41) is 9.08. The fourth-order valence-corrected chi connectivity index (χ4v) is 2.43. The van der Waals surface area contributed by atoms with Crippen LogP contribution in [-0.2, 0) is 9.59 Å². The van der Waals surface area contributed by atoms with E-state index < -0.39 is 12.0 Å². The molecule has 1 aliphatic rings. The maximum atomic E-state index is 12.1. The Balaban J connectivity index is 2.03. The van der Waals surface area contributed by atoms with Gasteiger partial charge >= 0.3 is 5.97 Å². The first-order chi connectivity index (χ1) is 9.99. The molecule has 1 N–H and O–H groups in total. The van der Waals surface area contributed by atoms with Crippen molar-refractivity contribution >= 4 is 23.6 Å². The summed E-state index contributed by atoms with van der Waals surface area (Å²) >= 11 is 0. The van der Waals surface area contributed by atoms with Gasteiger partial charge in [-0.25, -0.2) is 4.79 Å². The van der Waals surface area contributed by atoms with E-state index in [2.05, 4.69) is 0 Å². The summed E-state index contributed by atoms with van der Waals surface area (Å²) in [6, 6.07) is 7.12. The molecule has 112 valence electrons. The molecule has 1 unspecified atom stereocenters. The van der Waals surface area contributed by atoms with E-state index in [-0.39, 0.29) is 5.91 Å². The number of carbonyl (C=O) groups is 2. The molecule has 1 fully saturated rings. The lowest BCUT2D eigenvalue weighted by atomic mass is 10.2. The van der Waals surface area contributed by atoms with E-state index in [4.69, 9.17) is 5.11 Å². The molecule has 1 saturated heterocycles. The first kappa shape index (κ1) is 15.1. The Bertz CT molecular complexity index is 549. The van der Waals surface area contributed by atoms with Crippen molar-refractivity contribution in [1.29, 1.82) is 0 Å². The van der Waals surface area contributed by atoms with Gasteiger partial charge in [-0.2, -0.15) is 0 Å². The molecule has 21 heavy (non-hydrogen) atoms. The largest absolute Gasteiger partial charge is 0.480 e. The van der Waals surface area contributed by atoms with E-state index in [0.29, 0.717) is 13.0 Å². The number of benzene rings is 1. The number of carboxylic acid groups (broad SMARTS) is 1. The number of hydrogen-bond acceptors (Lipinski definition) is 3. The van der Waals surface area contributed by atoms with Crippen LogP contribution in [-0.4, -0.2) is 48.6 Å². The van der Waals surface area contributed by atoms with Gasteiger partial charge < -0.3 is 14.9 Å². The summed E-state index contributed by atoms with van der Waals surface area (Å²) in [7, 11) is 3.93. The lowest BCUT2D eigenvalue weighted by Crippen LogP contribution is -2.39. The van der Waals surface area contributed by atoms with Crippen molar-refractivity contribution in [2.24, 2.45) is 0 Å². The molecular formula is C16H20N2O3. The molecule has 2 rings (SSSR count). The Morgan fingerprint density at radius 1 is 1.29 bits per heavy atom. The van der Waals surface area contributed by atoms with Crippen molar-refractivity contribution in [3.05, 3.63) is 35.9 Å². The van der Waals surface area contributed by atoms with Crippen molar-refractivity contribution < 1.29 is 14.7 Å². The topological polar surface area (TPSA) is 60.9 Å². The van der Waals surface area contributed by atoms with Crippen LogP contribution in [0.3, 0.4) is 0 Å². The first-order valence-electron chi connectivity index (χ1n) is 6.98. The second-order valence-electron chi connectivity index (χ2n) is 5.35. The van der Waals surface area contributed by atoms with Crippen LogP contribution in [0.4, 0.5) is 5.69 Å². The molecule has 1 aromatic carbocycles. The Kier molecular flexibility index (Phi) is 4.62. The van der Waals surface area contributed by atoms with E-state index in [1.807, 2.05) is 43.3 Å². The highest BCUT2D eigenvalue weighted by Crippen LogP contribution is 2.18. The molecule has 1 amide bonds. The van der Waals surface area contributed by atoms with E-state index in [1.54, 1.807) is 6.08 Å². The zero-order chi connectivity index (χ0) is 15.4. The van der Waals surface area contributed by atoms with Gasteiger partial charge in [-0.05, 0) is 36.6 Å². The minimum Gasteiger partial charge on any atom is -0.480 e. The molecule has 1 heterocycles. The zero-order valence-corrected chi connectivity index (χ0v) is 12.3. The smallest absolute Gasteiger partial charge is 0.326 e. The van der Waals surface area contributed by atoms with Crippen molar-refractivity contribution in [2.75, 3.05) is 25.5 Å². The molecule has 1 aromatic rings. The molecule has 5 nitrogen and oxygen atoms in total. The molecule has 5 heteroatoms. The minimum absolute atomic E-state index is 0.239. The number of likely N-dealkylation sites (tertiary alicyclic amines) is 1. The fourth-order valence-electron chi connectivity index (χ4n) is 2.43. The van der Waals surface area contributed by atoms with E-state index in [9.17, 15) is 9.59 Å². The zero-order valence-electron chi connectivity index (χ0n) is 12.3. The molecule has 0 spiro atoms. The number of hydrogen-bond donors (Lipinski definition) is 1. The average molecular weight is 288 g/mol. The third kappa shape index (κ3) is 3.62. The summed E-state index contributed by atoms with van der Waals surface area (Å²) in [6.07, 6.45) is 4.45. The van der Waals surface area contributed by atoms with Gasteiger partial charge in [-0.1, -0.05) is 12.1 Å². The van der Waals surface area contributed by atoms with Crippen molar-refractivity contribution in [3.63, 3.8) is 0 Å². The van der Waals surface area contributed by atoms with Gasteiger partial charge in [0, 0.05) is 32.4 Å². The molecule has 0 saturated carbocycles. The van der Waals surface area contributed by atoms with Crippen LogP contribution in [0.15, 0.2) is 30.3 Å². The van der Waals surface area contributed by atoms with E-state index in [1.165, 1.54) is 11.0 Å². The second kappa shape index (κ2) is 6.43. The van der Waals surface area contributed by atoms with Gasteiger partial charge in [0.1, 0.15) is 6.04 Å². The lowest BCUT2D eigenvalue weighted by molar-refractivity contribution is -0.146. The highest BCUT2D eigenvalue weighted by atomic mass is 16.4. The fraction of sp³-hybridized carbons (Fsp3) is 0.375. The number of carboxylic acids is 1. The molecule has 1 atom stereocenters. The highest BCUT2D eigenvalue weighted by Gasteiger charge is 2.32. The van der Waals surface area contributed by atoms with Gasteiger partial charge in [0.25, 0.3) is 0 Å².